The van der Waals surface area contributed by atoms with Gasteiger partial charge in [-0.05, 0) is 25.3 Å². The summed E-state index contributed by atoms with van der Waals surface area (Å²) in [4.78, 5) is 11.5. The summed E-state index contributed by atoms with van der Waals surface area (Å²) in [5.41, 5.74) is 5.58. The van der Waals surface area contributed by atoms with Gasteiger partial charge in [-0.1, -0.05) is 12.5 Å². The third kappa shape index (κ3) is 1.95. The maximum absolute atomic E-state index is 11.5. The Morgan fingerprint density at radius 2 is 2.33 bits per heavy atom. The highest BCUT2D eigenvalue weighted by Crippen LogP contribution is 2.32. The van der Waals surface area contributed by atoms with E-state index in [0.29, 0.717) is 24.7 Å². The molecule has 2 atom stereocenters. The molecule has 1 saturated carbocycles. The second kappa shape index (κ2) is 4.41. The molecule has 0 spiro atoms. The van der Waals surface area contributed by atoms with E-state index in [1.807, 2.05) is 0 Å². The number of ketones is 1. The first kappa shape index (κ1) is 9.46. The summed E-state index contributed by atoms with van der Waals surface area (Å²) in [6.45, 7) is 4.23. The van der Waals surface area contributed by atoms with Crippen LogP contribution in [0.4, 0.5) is 0 Å². The summed E-state index contributed by atoms with van der Waals surface area (Å²) in [6, 6.07) is 0. The molecule has 1 aliphatic carbocycles. The van der Waals surface area contributed by atoms with Gasteiger partial charge in [0.2, 0.25) is 0 Å². The van der Waals surface area contributed by atoms with Gasteiger partial charge in [0.25, 0.3) is 0 Å². The molecule has 1 aliphatic rings. The Bertz CT molecular complexity index is 177. The largest absolute Gasteiger partial charge is 0.330 e. The zero-order chi connectivity index (χ0) is 8.97. The summed E-state index contributed by atoms with van der Waals surface area (Å²) < 4.78 is 0. The van der Waals surface area contributed by atoms with Crippen molar-refractivity contribution in [3.05, 3.63) is 12.7 Å². The first-order valence-corrected chi connectivity index (χ1v) is 4.63. The van der Waals surface area contributed by atoms with Crippen LogP contribution in [0.1, 0.15) is 25.7 Å². The molecule has 0 heterocycles. The van der Waals surface area contributed by atoms with Crippen LogP contribution in [0.3, 0.4) is 0 Å². The van der Waals surface area contributed by atoms with Gasteiger partial charge in [0.1, 0.15) is 5.78 Å². The number of carbonyl (C=O) groups excluding carboxylic acids is 1. The van der Waals surface area contributed by atoms with E-state index in [4.69, 9.17) is 5.73 Å². The predicted octanol–water partition coefficient (Wildman–Crippen LogP) is 1.51. The monoisotopic (exact) mass is 167 g/mol. The maximum Gasteiger partial charge on any atom is 0.140 e. The first-order chi connectivity index (χ1) is 5.79. The first-order valence-electron chi connectivity index (χ1n) is 4.63. The second-order valence-corrected chi connectivity index (χ2v) is 3.49. The average molecular weight is 167 g/mol. The predicted molar refractivity (Wildman–Crippen MR) is 49.7 cm³/mol. The number of hydrogen-bond acceptors (Lipinski definition) is 2. The molecular weight excluding hydrogens is 150 g/mol. The van der Waals surface area contributed by atoms with Crippen molar-refractivity contribution < 1.29 is 4.79 Å². The summed E-state index contributed by atoms with van der Waals surface area (Å²) in [5, 5.41) is 0. The van der Waals surface area contributed by atoms with Gasteiger partial charge in [-0.2, -0.15) is 0 Å². The van der Waals surface area contributed by atoms with Crippen LogP contribution in [0.5, 0.6) is 0 Å². The lowest BCUT2D eigenvalue weighted by atomic mass is 9.90. The summed E-state index contributed by atoms with van der Waals surface area (Å²) in [6.07, 6.45) is 5.53. The molecule has 68 valence electrons. The number of hydrogen-bond donors (Lipinski definition) is 1. The van der Waals surface area contributed by atoms with Crippen LogP contribution in [0.2, 0.25) is 0 Å². The molecule has 0 amide bonds. The minimum absolute atomic E-state index is 0.230. The SMILES string of the molecule is C=CCC(=O)C1CCCC1CN. The van der Waals surface area contributed by atoms with Crippen LogP contribution >= 0.6 is 0 Å². The van der Waals surface area contributed by atoms with Gasteiger partial charge < -0.3 is 5.73 Å². The van der Waals surface area contributed by atoms with Gasteiger partial charge in [0.15, 0.2) is 0 Å². The zero-order valence-corrected chi connectivity index (χ0v) is 7.46. The normalized spacial score (nSPS) is 28.8. The highest BCUT2D eigenvalue weighted by atomic mass is 16.1. The van der Waals surface area contributed by atoms with Crippen molar-refractivity contribution in [1.82, 2.24) is 0 Å². The fraction of sp³-hybridized carbons (Fsp3) is 0.700. The van der Waals surface area contributed by atoms with Gasteiger partial charge in [-0.3, -0.25) is 4.79 Å². The molecule has 12 heavy (non-hydrogen) atoms. The van der Waals surface area contributed by atoms with E-state index in [1.165, 1.54) is 0 Å². The van der Waals surface area contributed by atoms with E-state index in [9.17, 15) is 4.79 Å². The van der Waals surface area contributed by atoms with E-state index < -0.39 is 0 Å². The Labute approximate surface area is 73.8 Å². The van der Waals surface area contributed by atoms with Crippen LogP contribution in [0.15, 0.2) is 12.7 Å². The third-order valence-electron chi connectivity index (χ3n) is 2.72. The van der Waals surface area contributed by atoms with Crippen molar-refractivity contribution in [3.8, 4) is 0 Å². The zero-order valence-electron chi connectivity index (χ0n) is 7.46. The van der Waals surface area contributed by atoms with E-state index in [-0.39, 0.29) is 5.92 Å². The van der Waals surface area contributed by atoms with Crippen LogP contribution in [-0.2, 0) is 4.79 Å². The third-order valence-corrected chi connectivity index (χ3v) is 2.72. The number of rotatable bonds is 4. The number of Topliss-reactive ketones (excluding diaryl/α,β-unsaturated/α-hetero) is 1. The molecule has 0 saturated heterocycles. The molecule has 0 aromatic carbocycles. The molecule has 2 N–H and O–H groups in total. The molecular formula is C10H17NO. The Morgan fingerprint density at radius 3 is 2.92 bits per heavy atom. The Hall–Kier alpha value is -0.630. The molecule has 0 aromatic rings. The standard InChI is InChI=1S/C10H17NO/c1-2-4-10(12)9-6-3-5-8(9)7-11/h2,8-9H,1,3-7,11H2. The molecule has 0 bridgehead atoms. The van der Waals surface area contributed by atoms with Gasteiger partial charge >= 0.3 is 0 Å². The van der Waals surface area contributed by atoms with Crippen LogP contribution in [0, 0.1) is 11.8 Å². The Morgan fingerprint density at radius 1 is 1.58 bits per heavy atom. The van der Waals surface area contributed by atoms with Gasteiger partial charge in [0, 0.05) is 12.3 Å². The van der Waals surface area contributed by atoms with Gasteiger partial charge in [-0.25, -0.2) is 0 Å². The highest BCUT2D eigenvalue weighted by molar-refractivity contribution is 5.82. The topological polar surface area (TPSA) is 43.1 Å². The fourth-order valence-electron chi connectivity index (χ4n) is 2.04. The van der Waals surface area contributed by atoms with E-state index in [1.54, 1.807) is 6.08 Å². The quantitative estimate of drug-likeness (QED) is 0.645. The fourth-order valence-corrected chi connectivity index (χ4v) is 2.04. The van der Waals surface area contributed by atoms with Crippen molar-refractivity contribution >= 4 is 5.78 Å². The van der Waals surface area contributed by atoms with Crippen LogP contribution in [-0.4, -0.2) is 12.3 Å². The number of allylic oxidation sites excluding steroid dienone is 1. The van der Waals surface area contributed by atoms with Crippen molar-refractivity contribution in [2.45, 2.75) is 25.7 Å². The van der Waals surface area contributed by atoms with E-state index >= 15 is 0 Å². The molecule has 0 aliphatic heterocycles. The van der Waals surface area contributed by atoms with Crippen molar-refractivity contribution in [3.63, 3.8) is 0 Å². The molecule has 2 heteroatoms. The summed E-state index contributed by atoms with van der Waals surface area (Å²) in [5.74, 6) is 1.00. The minimum atomic E-state index is 0.230. The average Bonchev–Trinajstić information content (AvgIpc) is 2.51. The smallest absolute Gasteiger partial charge is 0.140 e. The van der Waals surface area contributed by atoms with Gasteiger partial charge in [-0.15, -0.1) is 6.58 Å². The minimum Gasteiger partial charge on any atom is -0.330 e. The molecule has 0 aromatic heterocycles. The Kier molecular flexibility index (Phi) is 3.48. The second-order valence-electron chi connectivity index (χ2n) is 3.49. The van der Waals surface area contributed by atoms with Crippen LogP contribution < -0.4 is 5.73 Å². The van der Waals surface area contributed by atoms with Crippen molar-refractivity contribution in [2.24, 2.45) is 17.6 Å². The molecule has 2 unspecified atom stereocenters. The lowest BCUT2D eigenvalue weighted by molar-refractivity contribution is -0.122. The molecule has 0 radical (unpaired) electrons. The molecule has 2 nitrogen and oxygen atoms in total. The van der Waals surface area contributed by atoms with Gasteiger partial charge in [0.05, 0.1) is 0 Å². The molecule has 1 fully saturated rings. The number of carbonyl (C=O) groups is 1. The number of nitrogens with two attached hydrogens (primary N) is 1. The van der Waals surface area contributed by atoms with Crippen molar-refractivity contribution in [2.75, 3.05) is 6.54 Å². The summed E-state index contributed by atoms with van der Waals surface area (Å²) >= 11 is 0. The van der Waals surface area contributed by atoms with E-state index in [0.717, 1.165) is 19.3 Å². The van der Waals surface area contributed by atoms with Crippen LogP contribution in [0.25, 0.3) is 0 Å². The lowest BCUT2D eigenvalue weighted by Crippen LogP contribution is -2.24. The molecule has 1 rings (SSSR count). The summed E-state index contributed by atoms with van der Waals surface area (Å²) in [7, 11) is 0. The highest BCUT2D eigenvalue weighted by Gasteiger charge is 2.30. The van der Waals surface area contributed by atoms with Crippen molar-refractivity contribution in [1.29, 1.82) is 0 Å². The Balaban J connectivity index is 2.48. The maximum atomic E-state index is 11.5. The lowest BCUT2D eigenvalue weighted by Gasteiger charge is -2.15. The van der Waals surface area contributed by atoms with E-state index in [2.05, 4.69) is 6.58 Å².